The molecule has 0 fully saturated rings. The molecule has 1 aromatic heterocycles. The van der Waals surface area contributed by atoms with Crippen LogP contribution in [0.4, 0.5) is 5.69 Å². The van der Waals surface area contributed by atoms with Crippen molar-refractivity contribution in [1.29, 1.82) is 0 Å². The SMILES string of the molecule is Cn1c(=O)cc(NCc2cccc(Cl)c2)c2ccccc21. The van der Waals surface area contributed by atoms with Crippen LogP contribution in [0.25, 0.3) is 10.9 Å². The molecule has 0 aliphatic carbocycles. The largest absolute Gasteiger partial charge is 0.380 e. The van der Waals surface area contributed by atoms with Gasteiger partial charge in [0.2, 0.25) is 0 Å². The zero-order valence-corrected chi connectivity index (χ0v) is 12.4. The van der Waals surface area contributed by atoms with Crippen LogP contribution in [0.1, 0.15) is 5.56 Å². The predicted octanol–water partition coefficient (Wildman–Crippen LogP) is 3.80. The number of hydrogen-bond acceptors (Lipinski definition) is 2. The van der Waals surface area contributed by atoms with E-state index in [0.717, 1.165) is 22.2 Å². The number of nitrogens with one attached hydrogen (secondary N) is 1. The maximum absolute atomic E-state index is 12.0. The van der Waals surface area contributed by atoms with Crippen LogP contribution in [-0.2, 0) is 13.6 Å². The molecule has 0 aliphatic rings. The van der Waals surface area contributed by atoms with Crippen molar-refractivity contribution in [3.05, 3.63) is 75.5 Å². The summed E-state index contributed by atoms with van der Waals surface area (Å²) in [6.07, 6.45) is 0. The van der Waals surface area contributed by atoms with Gasteiger partial charge in [0.25, 0.3) is 5.56 Å². The predicted molar refractivity (Wildman–Crippen MR) is 88.0 cm³/mol. The molecule has 0 saturated carbocycles. The third-order valence-electron chi connectivity index (χ3n) is 3.53. The molecule has 3 rings (SSSR count). The molecular weight excluding hydrogens is 284 g/mol. The van der Waals surface area contributed by atoms with Crippen molar-refractivity contribution in [2.45, 2.75) is 6.54 Å². The van der Waals surface area contributed by atoms with Crippen LogP contribution in [0, 0.1) is 0 Å². The summed E-state index contributed by atoms with van der Waals surface area (Å²) in [4.78, 5) is 12.0. The highest BCUT2D eigenvalue weighted by molar-refractivity contribution is 6.30. The highest BCUT2D eigenvalue weighted by atomic mass is 35.5. The van der Waals surface area contributed by atoms with E-state index in [9.17, 15) is 4.79 Å². The van der Waals surface area contributed by atoms with Gasteiger partial charge < -0.3 is 9.88 Å². The molecule has 3 nitrogen and oxygen atoms in total. The number of para-hydroxylation sites is 1. The summed E-state index contributed by atoms with van der Waals surface area (Å²) in [5.41, 5.74) is 2.81. The van der Waals surface area contributed by atoms with E-state index in [-0.39, 0.29) is 5.56 Å². The van der Waals surface area contributed by atoms with E-state index < -0.39 is 0 Å². The van der Waals surface area contributed by atoms with Crippen molar-refractivity contribution < 1.29 is 0 Å². The number of hydrogen-bond donors (Lipinski definition) is 1. The summed E-state index contributed by atoms with van der Waals surface area (Å²) in [5.74, 6) is 0. The molecule has 0 unspecified atom stereocenters. The molecule has 4 heteroatoms. The highest BCUT2D eigenvalue weighted by Gasteiger charge is 2.05. The number of halogens is 1. The molecule has 0 atom stereocenters. The smallest absolute Gasteiger partial charge is 0.252 e. The van der Waals surface area contributed by atoms with E-state index in [4.69, 9.17) is 11.6 Å². The Hall–Kier alpha value is -2.26. The van der Waals surface area contributed by atoms with E-state index in [1.54, 1.807) is 17.7 Å². The quantitative estimate of drug-likeness (QED) is 0.798. The molecule has 0 bridgehead atoms. The topological polar surface area (TPSA) is 34.0 Å². The summed E-state index contributed by atoms with van der Waals surface area (Å²) >= 11 is 5.99. The normalized spacial score (nSPS) is 10.8. The van der Waals surface area contributed by atoms with Gasteiger partial charge in [-0.05, 0) is 23.8 Å². The van der Waals surface area contributed by atoms with Crippen molar-refractivity contribution in [1.82, 2.24) is 4.57 Å². The second-order valence-electron chi connectivity index (χ2n) is 4.96. The number of fused-ring (bicyclic) bond motifs is 1. The first kappa shape index (κ1) is 13.7. The fourth-order valence-corrected chi connectivity index (χ4v) is 2.61. The number of aromatic nitrogens is 1. The van der Waals surface area contributed by atoms with Gasteiger partial charge in [-0.15, -0.1) is 0 Å². The Balaban J connectivity index is 1.98. The standard InChI is InChI=1S/C17H15ClN2O/c1-20-16-8-3-2-7-14(16)15(10-17(20)21)19-11-12-5-4-6-13(18)9-12/h2-10,19H,11H2,1H3. The van der Waals surface area contributed by atoms with Gasteiger partial charge in [0, 0.05) is 35.8 Å². The Morgan fingerprint density at radius 1 is 1.10 bits per heavy atom. The van der Waals surface area contributed by atoms with Gasteiger partial charge in [-0.1, -0.05) is 41.9 Å². The maximum Gasteiger partial charge on any atom is 0.252 e. The molecule has 0 saturated heterocycles. The average molecular weight is 299 g/mol. The van der Waals surface area contributed by atoms with Gasteiger partial charge in [0.05, 0.1) is 5.52 Å². The summed E-state index contributed by atoms with van der Waals surface area (Å²) in [6.45, 7) is 0.623. The first-order valence-corrected chi connectivity index (χ1v) is 7.10. The second kappa shape index (κ2) is 5.62. The molecule has 106 valence electrons. The molecule has 2 aromatic carbocycles. The monoisotopic (exact) mass is 298 g/mol. The van der Waals surface area contributed by atoms with Gasteiger partial charge in [-0.3, -0.25) is 4.79 Å². The summed E-state index contributed by atoms with van der Waals surface area (Å²) in [6, 6.07) is 17.2. The number of nitrogens with zero attached hydrogens (tertiary/aromatic N) is 1. The Labute approximate surface area is 127 Å². The van der Waals surface area contributed by atoms with Crippen LogP contribution in [-0.4, -0.2) is 4.57 Å². The van der Waals surface area contributed by atoms with Crippen LogP contribution in [0.3, 0.4) is 0 Å². The molecule has 0 radical (unpaired) electrons. The lowest BCUT2D eigenvalue weighted by Gasteiger charge is -2.12. The molecule has 3 aromatic rings. The van der Waals surface area contributed by atoms with Crippen LogP contribution in [0.5, 0.6) is 0 Å². The number of rotatable bonds is 3. The first-order valence-electron chi connectivity index (χ1n) is 6.72. The molecule has 1 N–H and O–H groups in total. The van der Waals surface area contributed by atoms with Gasteiger partial charge >= 0.3 is 0 Å². The lowest BCUT2D eigenvalue weighted by atomic mass is 10.1. The fraction of sp³-hybridized carbons (Fsp3) is 0.118. The summed E-state index contributed by atoms with van der Waals surface area (Å²) in [7, 11) is 1.78. The van der Waals surface area contributed by atoms with Crippen molar-refractivity contribution in [2.24, 2.45) is 7.05 Å². The van der Waals surface area contributed by atoms with Crippen molar-refractivity contribution in [2.75, 3.05) is 5.32 Å². The Morgan fingerprint density at radius 3 is 2.71 bits per heavy atom. The van der Waals surface area contributed by atoms with E-state index in [2.05, 4.69) is 5.32 Å². The Kier molecular flexibility index (Phi) is 3.67. The Morgan fingerprint density at radius 2 is 1.90 bits per heavy atom. The Bertz CT molecular complexity index is 855. The summed E-state index contributed by atoms with van der Waals surface area (Å²) < 4.78 is 1.65. The fourth-order valence-electron chi connectivity index (χ4n) is 2.40. The molecule has 21 heavy (non-hydrogen) atoms. The van der Waals surface area contributed by atoms with Crippen LogP contribution >= 0.6 is 11.6 Å². The van der Waals surface area contributed by atoms with Crippen LogP contribution in [0.2, 0.25) is 5.02 Å². The minimum absolute atomic E-state index is 0.0257. The van der Waals surface area contributed by atoms with Crippen molar-refractivity contribution in [3.63, 3.8) is 0 Å². The molecule has 1 heterocycles. The lowest BCUT2D eigenvalue weighted by molar-refractivity contribution is 0.905. The van der Waals surface area contributed by atoms with E-state index in [1.165, 1.54) is 0 Å². The van der Waals surface area contributed by atoms with Gasteiger partial charge in [0.15, 0.2) is 0 Å². The third kappa shape index (κ3) is 2.78. The zero-order valence-electron chi connectivity index (χ0n) is 11.6. The molecule has 0 aliphatic heterocycles. The average Bonchev–Trinajstić information content (AvgIpc) is 2.50. The maximum atomic E-state index is 12.0. The molecule has 0 spiro atoms. The minimum Gasteiger partial charge on any atom is -0.380 e. The van der Waals surface area contributed by atoms with Crippen molar-refractivity contribution >= 4 is 28.2 Å². The van der Waals surface area contributed by atoms with Gasteiger partial charge in [-0.2, -0.15) is 0 Å². The van der Waals surface area contributed by atoms with Crippen LogP contribution in [0.15, 0.2) is 59.4 Å². The zero-order chi connectivity index (χ0) is 14.8. The number of benzene rings is 2. The minimum atomic E-state index is -0.0257. The van der Waals surface area contributed by atoms with Crippen molar-refractivity contribution in [3.8, 4) is 0 Å². The highest BCUT2D eigenvalue weighted by Crippen LogP contribution is 2.21. The van der Waals surface area contributed by atoms with Gasteiger partial charge in [0.1, 0.15) is 0 Å². The first-order chi connectivity index (χ1) is 10.1. The second-order valence-corrected chi connectivity index (χ2v) is 5.39. The van der Waals surface area contributed by atoms with E-state index >= 15 is 0 Å². The van der Waals surface area contributed by atoms with E-state index in [0.29, 0.717) is 11.6 Å². The van der Waals surface area contributed by atoms with Gasteiger partial charge in [-0.25, -0.2) is 0 Å². The number of anilines is 1. The molecule has 0 amide bonds. The van der Waals surface area contributed by atoms with Crippen LogP contribution < -0.4 is 10.9 Å². The van der Waals surface area contributed by atoms with E-state index in [1.807, 2.05) is 48.5 Å². The summed E-state index contributed by atoms with van der Waals surface area (Å²) in [5, 5.41) is 5.07. The number of pyridine rings is 1. The third-order valence-corrected chi connectivity index (χ3v) is 3.76. The lowest BCUT2D eigenvalue weighted by Crippen LogP contribution is -2.17. The number of aryl methyl sites for hydroxylation is 1. The molecular formula is C17H15ClN2O.